The summed E-state index contributed by atoms with van der Waals surface area (Å²) in [5, 5.41) is 5.87. The first-order valence-corrected chi connectivity index (χ1v) is 6.72. The number of nitrogens with one attached hydrogen (secondary N) is 2. The lowest BCUT2D eigenvalue weighted by molar-refractivity contribution is -0.126. The first kappa shape index (κ1) is 15.7. The molecule has 0 radical (unpaired) electrons. The summed E-state index contributed by atoms with van der Waals surface area (Å²) < 4.78 is 34.0. The quantitative estimate of drug-likeness (QED) is 0.864. The van der Waals surface area contributed by atoms with E-state index in [-0.39, 0.29) is 23.7 Å². The third-order valence-electron chi connectivity index (χ3n) is 3.18. The molecule has 1 aromatic rings. The summed E-state index contributed by atoms with van der Waals surface area (Å²) in [6, 6.07) is 5.58. The van der Waals surface area contributed by atoms with Gasteiger partial charge in [0.1, 0.15) is 11.8 Å². The molecule has 116 valence electrons. The molecule has 0 aliphatic carbocycles. The van der Waals surface area contributed by atoms with Crippen LogP contribution in [0.2, 0.25) is 0 Å². The van der Waals surface area contributed by atoms with Crippen LogP contribution in [0.3, 0.4) is 0 Å². The van der Waals surface area contributed by atoms with Gasteiger partial charge in [0, 0.05) is 6.54 Å². The summed E-state index contributed by atoms with van der Waals surface area (Å²) in [5.74, 6) is -0.106. The number of alkyl halides is 2. The number of hydrogen-bond acceptors (Lipinski definition) is 4. The van der Waals surface area contributed by atoms with E-state index in [1.165, 1.54) is 12.1 Å². The number of ether oxygens (including phenoxy) is 2. The van der Waals surface area contributed by atoms with E-state index in [0.29, 0.717) is 25.3 Å². The Morgan fingerprint density at radius 2 is 2.33 bits per heavy atom. The van der Waals surface area contributed by atoms with Crippen molar-refractivity contribution in [3.8, 4) is 5.75 Å². The number of benzene rings is 1. The number of morpholine rings is 1. The molecular formula is C14H18F2N2O3. The molecule has 1 fully saturated rings. The maximum Gasteiger partial charge on any atom is 0.387 e. The van der Waals surface area contributed by atoms with E-state index in [2.05, 4.69) is 15.4 Å². The zero-order chi connectivity index (χ0) is 15.2. The van der Waals surface area contributed by atoms with Crippen LogP contribution in [0.15, 0.2) is 24.3 Å². The van der Waals surface area contributed by atoms with Gasteiger partial charge in [0.15, 0.2) is 0 Å². The molecule has 0 saturated carbocycles. The number of carbonyl (C=O) groups is 1. The molecule has 7 heteroatoms. The van der Waals surface area contributed by atoms with Crippen molar-refractivity contribution in [2.45, 2.75) is 25.6 Å². The first-order valence-electron chi connectivity index (χ1n) is 6.72. The second kappa shape index (κ2) is 7.33. The summed E-state index contributed by atoms with van der Waals surface area (Å²) in [6.07, 6.45) is 0. The second-order valence-electron chi connectivity index (χ2n) is 4.76. The van der Waals surface area contributed by atoms with Crippen LogP contribution in [0.4, 0.5) is 8.78 Å². The topological polar surface area (TPSA) is 59.6 Å². The number of halogens is 2. The van der Waals surface area contributed by atoms with Gasteiger partial charge in [0.25, 0.3) is 0 Å². The maximum absolute atomic E-state index is 12.2. The van der Waals surface area contributed by atoms with E-state index in [4.69, 9.17) is 4.74 Å². The molecule has 1 aromatic carbocycles. The Kier molecular flexibility index (Phi) is 5.46. The predicted molar refractivity (Wildman–Crippen MR) is 72.2 cm³/mol. The third kappa shape index (κ3) is 4.64. The van der Waals surface area contributed by atoms with Crippen molar-refractivity contribution in [1.29, 1.82) is 0 Å². The number of carbonyl (C=O) groups excluding carboxylic acids is 1. The summed E-state index contributed by atoms with van der Waals surface area (Å²) in [4.78, 5) is 12.0. The third-order valence-corrected chi connectivity index (χ3v) is 3.18. The average molecular weight is 300 g/mol. The first-order chi connectivity index (χ1) is 10.1. The van der Waals surface area contributed by atoms with E-state index in [9.17, 15) is 13.6 Å². The van der Waals surface area contributed by atoms with Crippen LogP contribution in [-0.4, -0.2) is 38.3 Å². The predicted octanol–water partition coefficient (Wildman–Crippen LogP) is 1.45. The van der Waals surface area contributed by atoms with Crippen molar-refractivity contribution in [2.24, 2.45) is 0 Å². The van der Waals surface area contributed by atoms with E-state index in [1.54, 1.807) is 19.1 Å². The van der Waals surface area contributed by atoms with Crippen LogP contribution in [0.5, 0.6) is 5.75 Å². The van der Waals surface area contributed by atoms with Crippen LogP contribution in [-0.2, 0) is 9.53 Å². The molecule has 1 aliphatic rings. The minimum Gasteiger partial charge on any atom is -0.435 e. The van der Waals surface area contributed by atoms with Crippen molar-refractivity contribution in [3.63, 3.8) is 0 Å². The summed E-state index contributed by atoms with van der Waals surface area (Å²) in [5.41, 5.74) is 0.693. The molecule has 0 aromatic heterocycles. The Balaban J connectivity index is 1.95. The van der Waals surface area contributed by atoms with Crippen molar-refractivity contribution in [3.05, 3.63) is 29.8 Å². The Morgan fingerprint density at radius 3 is 3.00 bits per heavy atom. The highest BCUT2D eigenvalue weighted by atomic mass is 19.3. The van der Waals surface area contributed by atoms with Crippen LogP contribution >= 0.6 is 0 Å². The molecule has 2 atom stereocenters. The Labute approximate surface area is 121 Å². The zero-order valence-electron chi connectivity index (χ0n) is 11.6. The van der Waals surface area contributed by atoms with Gasteiger partial charge >= 0.3 is 6.61 Å². The van der Waals surface area contributed by atoms with Gasteiger partial charge < -0.3 is 20.1 Å². The van der Waals surface area contributed by atoms with Crippen LogP contribution in [0.1, 0.15) is 18.5 Å². The highest BCUT2D eigenvalue weighted by molar-refractivity contribution is 5.82. The van der Waals surface area contributed by atoms with Gasteiger partial charge in [-0.15, -0.1) is 0 Å². The van der Waals surface area contributed by atoms with Crippen LogP contribution in [0.25, 0.3) is 0 Å². The van der Waals surface area contributed by atoms with Crippen molar-refractivity contribution >= 4 is 5.91 Å². The second-order valence-corrected chi connectivity index (χ2v) is 4.76. The zero-order valence-corrected chi connectivity index (χ0v) is 11.6. The molecule has 1 saturated heterocycles. The summed E-state index contributed by atoms with van der Waals surface area (Å²) in [7, 11) is 0. The molecule has 1 amide bonds. The SMILES string of the molecule is CC(NC(=O)C1COCCN1)c1cccc(OC(F)F)c1. The minimum absolute atomic E-state index is 0.0720. The molecule has 2 N–H and O–H groups in total. The molecule has 0 spiro atoms. The number of rotatable bonds is 5. The monoisotopic (exact) mass is 300 g/mol. The Morgan fingerprint density at radius 1 is 1.52 bits per heavy atom. The fraction of sp³-hybridized carbons (Fsp3) is 0.500. The fourth-order valence-corrected chi connectivity index (χ4v) is 2.09. The molecule has 5 nitrogen and oxygen atoms in total. The smallest absolute Gasteiger partial charge is 0.387 e. The van der Waals surface area contributed by atoms with E-state index >= 15 is 0 Å². The average Bonchev–Trinajstić information content (AvgIpc) is 2.47. The van der Waals surface area contributed by atoms with Gasteiger partial charge in [-0.25, -0.2) is 0 Å². The molecule has 2 unspecified atom stereocenters. The van der Waals surface area contributed by atoms with E-state index in [1.807, 2.05) is 0 Å². The van der Waals surface area contributed by atoms with Crippen LogP contribution < -0.4 is 15.4 Å². The summed E-state index contributed by atoms with van der Waals surface area (Å²) >= 11 is 0. The lowest BCUT2D eigenvalue weighted by Crippen LogP contribution is -2.51. The van der Waals surface area contributed by atoms with Gasteiger partial charge in [-0.05, 0) is 24.6 Å². The van der Waals surface area contributed by atoms with Gasteiger partial charge in [-0.1, -0.05) is 12.1 Å². The molecule has 2 rings (SSSR count). The maximum atomic E-state index is 12.2. The minimum atomic E-state index is -2.87. The standard InChI is InChI=1S/C14H18F2N2O3/c1-9(18-13(19)12-8-20-6-5-17-12)10-3-2-4-11(7-10)21-14(15)16/h2-4,7,9,12,14,17H,5-6,8H2,1H3,(H,18,19). The van der Waals surface area contributed by atoms with Crippen molar-refractivity contribution < 1.29 is 23.0 Å². The number of hydrogen-bond donors (Lipinski definition) is 2. The molecule has 1 aliphatic heterocycles. The van der Waals surface area contributed by atoms with Gasteiger partial charge in [0.05, 0.1) is 19.3 Å². The van der Waals surface area contributed by atoms with Crippen molar-refractivity contribution in [1.82, 2.24) is 10.6 Å². The Hall–Kier alpha value is -1.73. The van der Waals surface area contributed by atoms with Crippen LogP contribution in [0, 0.1) is 0 Å². The van der Waals surface area contributed by atoms with Gasteiger partial charge in [0.2, 0.25) is 5.91 Å². The highest BCUT2D eigenvalue weighted by Crippen LogP contribution is 2.20. The summed E-state index contributed by atoms with van der Waals surface area (Å²) in [6.45, 7) is 0.459. The Bertz CT molecular complexity index is 479. The molecule has 21 heavy (non-hydrogen) atoms. The molecule has 1 heterocycles. The highest BCUT2D eigenvalue weighted by Gasteiger charge is 2.22. The fourth-order valence-electron chi connectivity index (χ4n) is 2.09. The normalized spacial score (nSPS) is 20.1. The van der Waals surface area contributed by atoms with E-state index in [0.717, 1.165) is 0 Å². The lowest BCUT2D eigenvalue weighted by atomic mass is 10.1. The van der Waals surface area contributed by atoms with E-state index < -0.39 is 6.61 Å². The van der Waals surface area contributed by atoms with Gasteiger partial charge in [-0.3, -0.25) is 4.79 Å². The van der Waals surface area contributed by atoms with Gasteiger partial charge in [-0.2, -0.15) is 8.78 Å². The molecule has 0 bridgehead atoms. The van der Waals surface area contributed by atoms with Crippen molar-refractivity contribution in [2.75, 3.05) is 19.8 Å². The lowest BCUT2D eigenvalue weighted by Gasteiger charge is -2.25. The largest absolute Gasteiger partial charge is 0.435 e. The number of amides is 1. The molecular weight excluding hydrogens is 282 g/mol.